The van der Waals surface area contributed by atoms with Gasteiger partial charge in [-0.25, -0.2) is 0 Å². The van der Waals surface area contributed by atoms with E-state index in [1.54, 1.807) is 6.07 Å². The Hall–Kier alpha value is -1.13. The topological polar surface area (TPSA) is 27.7 Å². The van der Waals surface area contributed by atoms with Gasteiger partial charge in [-0.15, -0.1) is 0 Å². The summed E-state index contributed by atoms with van der Waals surface area (Å²) in [5.74, 6) is 0. The van der Waals surface area contributed by atoms with Gasteiger partial charge in [-0.1, -0.05) is 30.3 Å². The van der Waals surface area contributed by atoms with Gasteiger partial charge in [0.15, 0.2) is 0 Å². The molecule has 1 fully saturated rings. The summed E-state index contributed by atoms with van der Waals surface area (Å²) in [6.07, 6.45) is -10.2. The summed E-state index contributed by atoms with van der Waals surface area (Å²) in [4.78, 5) is 0. The molecule has 0 spiro atoms. The summed E-state index contributed by atoms with van der Waals surface area (Å²) in [6, 6.07) is 6.99. The number of hydrogen-bond donors (Lipinski definition) is 0. The third kappa shape index (κ3) is 3.50. The molecule has 0 aliphatic carbocycles. The maximum Gasteiger partial charge on any atom is 0.552 e. The second-order valence-corrected chi connectivity index (χ2v) is 3.90. The fourth-order valence-electron chi connectivity index (χ4n) is 1.51. The van der Waals surface area contributed by atoms with E-state index in [1.165, 1.54) is 24.3 Å². The highest BCUT2D eigenvalue weighted by atomic mass is 19.4. The molecule has 0 radical (unpaired) electrons. The number of halogens is 6. The normalized spacial score (nSPS) is 17.6. The van der Waals surface area contributed by atoms with Crippen LogP contribution in [0.2, 0.25) is 0 Å². The summed E-state index contributed by atoms with van der Waals surface area (Å²) in [5, 5.41) is 0. The molecule has 1 aliphatic heterocycles. The van der Waals surface area contributed by atoms with Crippen molar-refractivity contribution in [2.45, 2.75) is 12.2 Å². The molecule has 1 heterocycles. The lowest BCUT2D eigenvalue weighted by atomic mass is 9.65. The van der Waals surface area contributed by atoms with E-state index >= 15 is 0 Å². The molecule has 20 heavy (non-hydrogen) atoms. The number of rotatable bonds is 1. The minimum atomic E-state index is -5.10. The lowest BCUT2D eigenvalue weighted by molar-refractivity contribution is -0.0957. The highest BCUT2D eigenvalue weighted by Gasteiger charge is 2.63. The van der Waals surface area contributed by atoms with Crippen molar-refractivity contribution in [2.75, 3.05) is 0 Å². The zero-order valence-electron chi connectivity index (χ0n) is 9.61. The highest BCUT2D eigenvalue weighted by molar-refractivity contribution is 6.80. The summed E-state index contributed by atoms with van der Waals surface area (Å²) >= 11 is 0. The molecule has 0 amide bonds. The average molecular weight is 296 g/mol. The van der Waals surface area contributed by atoms with Gasteiger partial charge >= 0.3 is 33.5 Å². The van der Waals surface area contributed by atoms with E-state index in [4.69, 9.17) is 0 Å². The SMILES string of the molecule is FC(F)(F)B1OB(c2ccccc2)OB(C(F)(F)F)O1. The van der Waals surface area contributed by atoms with Gasteiger partial charge in [0, 0.05) is 0 Å². The van der Waals surface area contributed by atoms with E-state index in [1.807, 2.05) is 0 Å². The molecule has 1 aromatic carbocycles. The standard InChI is InChI=1S/C8H5B3F6O3/c12-7(13,14)10-18-9(6-4-2-1-3-5-6)19-11(20-10)8(15,16)17/h1-5H. The number of alkyl halides is 6. The van der Waals surface area contributed by atoms with E-state index in [2.05, 4.69) is 13.7 Å². The Morgan fingerprint density at radius 1 is 0.700 bits per heavy atom. The molecule has 1 aliphatic rings. The third-order valence-corrected chi connectivity index (χ3v) is 2.35. The molecule has 0 aromatic heterocycles. The Morgan fingerprint density at radius 2 is 1.15 bits per heavy atom. The Bertz CT molecular complexity index is 431. The third-order valence-electron chi connectivity index (χ3n) is 2.35. The smallest absolute Gasteiger partial charge is 0.442 e. The number of hydrogen-bond acceptors (Lipinski definition) is 3. The monoisotopic (exact) mass is 296 g/mol. The Kier molecular flexibility index (Phi) is 4.08. The van der Waals surface area contributed by atoms with Crippen LogP contribution in [0.4, 0.5) is 26.3 Å². The predicted octanol–water partition coefficient (Wildman–Crippen LogP) is 1.62. The molecule has 0 saturated carbocycles. The zero-order chi connectivity index (χ0) is 15.0. The molecule has 0 unspecified atom stereocenters. The van der Waals surface area contributed by atoms with Gasteiger partial charge < -0.3 is 13.7 Å². The first kappa shape index (κ1) is 15.3. The van der Waals surface area contributed by atoms with Crippen LogP contribution in [0.5, 0.6) is 0 Å². The summed E-state index contributed by atoms with van der Waals surface area (Å²) in [5.41, 5.74) is 0.0271. The molecule has 1 aromatic rings. The second kappa shape index (κ2) is 5.34. The largest absolute Gasteiger partial charge is 0.552 e. The minimum Gasteiger partial charge on any atom is -0.442 e. The van der Waals surface area contributed by atoms with E-state index in [0.717, 1.165) is 0 Å². The molecule has 106 valence electrons. The van der Waals surface area contributed by atoms with Crippen LogP contribution in [0, 0.1) is 0 Å². The zero-order valence-corrected chi connectivity index (χ0v) is 9.61. The van der Waals surface area contributed by atoms with Crippen LogP contribution in [0.15, 0.2) is 30.3 Å². The van der Waals surface area contributed by atoms with Crippen molar-refractivity contribution in [1.29, 1.82) is 0 Å². The first-order valence-corrected chi connectivity index (χ1v) is 5.32. The van der Waals surface area contributed by atoms with Crippen LogP contribution in [0.1, 0.15) is 0 Å². The van der Waals surface area contributed by atoms with Crippen molar-refractivity contribution >= 4 is 26.8 Å². The summed E-state index contributed by atoms with van der Waals surface area (Å²) in [6.45, 7) is 0. The van der Waals surface area contributed by atoms with E-state index < -0.39 is 33.5 Å². The van der Waals surface area contributed by atoms with E-state index in [-0.39, 0.29) is 5.46 Å². The first-order valence-electron chi connectivity index (χ1n) is 5.32. The second-order valence-electron chi connectivity index (χ2n) is 3.90. The van der Waals surface area contributed by atoms with Crippen molar-refractivity contribution < 1.29 is 40.1 Å². The van der Waals surface area contributed by atoms with Gasteiger partial charge in [0.05, 0.1) is 0 Å². The van der Waals surface area contributed by atoms with Crippen LogP contribution in [0.3, 0.4) is 0 Å². The highest BCUT2D eigenvalue weighted by Crippen LogP contribution is 2.30. The molecular formula is C8H5B3F6O3. The molecular weight excluding hydrogens is 291 g/mol. The predicted molar refractivity (Wildman–Crippen MR) is 58.7 cm³/mol. The van der Waals surface area contributed by atoms with Crippen LogP contribution in [-0.2, 0) is 13.7 Å². The van der Waals surface area contributed by atoms with Crippen molar-refractivity contribution in [3.63, 3.8) is 0 Å². The van der Waals surface area contributed by atoms with Gasteiger partial charge in [0.2, 0.25) is 0 Å². The average Bonchev–Trinajstić information content (AvgIpc) is 2.37. The van der Waals surface area contributed by atoms with Crippen LogP contribution >= 0.6 is 0 Å². The molecule has 1 saturated heterocycles. The Labute approximate surface area is 110 Å². The lowest BCUT2D eigenvalue weighted by Crippen LogP contribution is -2.62. The van der Waals surface area contributed by atoms with Gasteiger partial charge in [0.1, 0.15) is 0 Å². The van der Waals surface area contributed by atoms with Gasteiger partial charge in [-0.3, -0.25) is 0 Å². The maximum absolute atomic E-state index is 12.5. The Balaban J connectivity index is 2.25. The first-order chi connectivity index (χ1) is 9.18. The number of benzene rings is 1. The quantitative estimate of drug-likeness (QED) is 0.582. The minimum absolute atomic E-state index is 0.0271. The van der Waals surface area contributed by atoms with Gasteiger partial charge in [-0.05, 0) is 5.46 Å². The summed E-state index contributed by atoms with van der Waals surface area (Å²) < 4.78 is 87.7. The summed E-state index contributed by atoms with van der Waals surface area (Å²) in [7, 11) is -7.83. The van der Waals surface area contributed by atoms with E-state index in [0.29, 0.717) is 0 Å². The maximum atomic E-state index is 12.5. The Morgan fingerprint density at radius 3 is 1.55 bits per heavy atom. The molecule has 2 rings (SSSR count). The van der Waals surface area contributed by atoms with Crippen molar-refractivity contribution in [3.05, 3.63) is 30.3 Å². The van der Waals surface area contributed by atoms with Gasteiger partial charge in [-0.2, -0.15) is 26.3 Å². The van der Waals surface area contributed by atoms with Crippen molar-refractivity contribution in [3.8, 4) is 0 Å². The van der Waals surface area contributed by atoms with Gasteiger partial charge in [0.25, 0.3) is 0 Å². The molecule has 12 heteroatoms. The van der Waals surface area contributed by atoms with E-state index in [9.17, 15) is 26.3 Å². The fourth-order valence-corrected chi connectivity index (χ4v) is 1.51. The van der Waals surface area contributed by atoms with Crippen LogP contribution < -0.4 is 5.46 Å². The van der Waals surface area contributed by atoms with Crippen molar-refractivity contribution in [1.82, 2.24) is 0 Å². The fraction of sp³-hybridized carbons (Fsp3) is 0.250. The van der Waals surface area contributed by atoms with Crippen LogP contribution in [0.25, 0.3) is 0 Å². The molecule has 0 atom stereocenters. The lowest BCUT2D eigenvalue weighted by Gasteiger charge is -2.32. The van der Waals surface area contributed by atoms with Crippen LogP contribution in [-0.4, -0.2) is 33.5 Å². The molecule has 0 N–H and O–H groups in total. The molecule has 0 bridgehead atoms. The molecule has 3 nitrogen and oxygen atoms in total. The van der Waals surface area contributed by atoms with Crippen molar-refractivity contribution in [2.24, 2.45) is 0 Å².